The molecule has 1 aromatic carbocycles. The predicted molar refractivity (Wildman–Crippen MR) is 69.9 cm³/mol. The van der Waals surface area contributed by atoms with Crippen molar-refractivity contribution in [1.29, 1.82) is 5.26 Å². The van der Waals surface area contributed by atoms with Gasteiger partial charge in [0, 0.05) is 5.69 Å². The van der Waals surface area contributed by atoms with Crippen LogP contribution in [0.2, 0.25) is 0 Å². The molecule has 1 heterocycles. The third kappa shape index (κ3) is 3.76. The second-order valence-corrected chi connectivity index (χ2v) is 4.67. The Kier molecular flexibility index (Phi) is 4.48. The van der Waals surface area contributed by atoms with Crippen LogP contribution in [0.1, 0.15) is 19.3 Å². The number of nitrogens with zero attached hydrogens (tertiary/aromatic N) is 2. The summed E-state index contributed by atoms with van der Waals surface area (Å²) >= 11 is 0. The van der Waals surface area contributed by atoms with Gasteiger partial charge < -0.3 is 5.32 Å². The number of nitrogens with one attached hydrogen (secondary N) is 1. The third-order valence-electron chi connectivity index (χ3n) is 3.24. The van der Waals surface area contributed by atoms with Crippen LogP contribution < -0.4 is 5.32 Å². The lowest BCUT2D eigenvalue weighted by atomic mass is 10.0. The molecule has 1 atom stereocenters. The van der Waals surface area contributed by atoms with Gasteiger partial charge in [0.1, 0.15) is 5.82 Å². The van der Waals surface area contributed by atoms with E-state index in [9.17, 15) is 9.18 Å². The molecule has 1 aliphatic rings. The van der Waals surface area contributed by atoms with Crippen LogP contribution in [-0.2, 0) is 4.79 Å². The zero-order chi connectivity index (χ0) is 13.7. The highest BCUT2D eigenvalue weighted by Gasteiger charge is 2.23. The van der Waals surface area contributed by atoms with E-state index in [4.69, 9.17) is 5.26 Å². The number of hydrogen-bond acceptors (Lipinski definition) is 3. The number of halogens is 1. The van der Waals surface area contributed by atoms with Crippen LogP contribution in [0.3, 0.4) is 0 Å². The number of piperidine rings is 1. The van der Waals surface area contributed by atoms with E-state index in [0.717, 1.165) is 25.8 Å². The van der Waals surface area contributed by atoms with Gasteiger partial charge in [0.2, 0.25) is 5.91 Å². The molecule has 1 fully saturated rings. The van der Waals surface area contributed by atoms with E-state index in [-0.39, 0.29) is 24.3 Å². The minimum absolute atomic E-state index is 0.172. The Morgan fingerprint density at radius 2 is 2.16 bits per heavy atom. The van der Waals surface area contributed by atoms with Gasteiger partial charge in [-0.15, -0.1) is 0 Å². The van der Waals surface area contributed by atoms with Crippen molar-refractivity contribution in [2.75, 3.05) is 18.4 Å². The van der Waals surface area contributed by atoms with Crippen LogP contribution in [0.5, 0.6) is 0 Å². The second-order valence-electron chi connectivity index (χ2n) is 4.67. The summed E-state index contributed by atoms with van der Waals surface area (Å²) in [6.07, 6.45) is 2.87. The molecule has 1 unspecified atom stereocenters. The molecular formula is C14H16FN3O. The second kappa shape index (κ2) is 6.30. The zero-order valence-corrected chi connectivity index (χ0v) is 10.6. The fourth-order valence-electron chi connectivity index (χ4n) is 2.24. The molecule has 1 saturated heterocycles. The van der Waals surface area contributed by atoms with Crippen LogP contribution >= 0.6 is 0 Å². The molecule has 0 aliphatic carbocycles. The fourth-order valence-corrected chi connectivity index (χ4v) is 2.24. The van der Waals surface area contributed by atoms with Crippen LogP contribution in [-0.4, -0.2) is 29.9 Å². The highest BCUT2D eigenvalue weighted by Crippen LogP contribution is 2.16. The summed E-state index contributed by atoms with van der Waals surface area (Å²) in [5, 5.41) is 11.7. The molecule has 19 heavy (non-hydrogen) atoms. The maximum absolute atomic E-state index is 12.7. The molecule has 1 aromatic rings. The average Bonchev–Trinajstić information content (AvgIpc) is 2.42. The third-order valence-corrected chi connectivity index (χ3v) is 3.24. The smallest absolute Gasteiger partial charge is 0.238 e. The molecule has 5 heteroatoms. The SMILES string of the molecule is N#CC1CCCCN1CC(=O)Nc1ccc(F)cc1. The number of carbonyl (C=O) groups excluding carboxylic acids is 1. The number of rotatable bonds is 3. The van der Waals surface area contributed by atoms with E-state index in [1.165, 1.54) is 24.3 Å². The van der Waals surface area contributed by atoms with Gasteiger partial charge in [-0.05, 0) is 50.1 Å². The summed E-state index contributed by atoms with van der Waals surface area (Å²) < 4.78 is 12.7. The molecule has 2 rings (SSSR count). The maximum Gasteiger partial charge on any atom is 0.238 e. The lowest BCUT2D eigenvalue weighted by molar-refractivity contribution is -0.117. The number of anilines is 1. The van der Waals surface area contributed by atoms with Crippen molar-refractivity contribution in [3.63, 3.8) is 0 Å². The Bertz CT molecular complexity index is 480. The van der Waals surface area contributed by atoms with E-state index >= 15 is 0 Å². The molecule has 0 aromatic heterocycles. The maximum atomic E-state index is 12.7. The van der Waals surface area contributed by atoms with Crippen LogP contribution in [0.25, 0.3) is 0 Å². The molecule has 1 amide bonds. The number of nitriles is 1. The number of carbonyl (C=O) groups is 1. The molecule has 1 N–H and O–H groups in total. The quantitative estimate of drug-likeness (QED) is 0.907. The summed E-state index contributed by atoms with van der Waals surface area (Å²) in [6, 6.07) is 7.69. The Balaban J connectivity index is 1.90. The van der Waals surface area contributed by atoms with Gasteiger partial charge in [-0.3, -0.25) is 9.69 Å². The highest BCUT2D eigenvalue weighted by molar-refractivity contribution is 5.92. The predicted octanol–water partition coefficient (Wildman–Crippen LogP) is 2.14. The normalized spacial score (nSPS) is 19.7. The molecular weight excluding hydrogens is 245 g/mol. The first kappa shape index (κ1) is 13.5. The lowest BCUT2D eigenvalue weighted by Crippen LogP contribution is -2.43. The Hall–Kier alpha value is -1.93. The van der Waals surface area contributed by atoms with Crippen LogP contribution in [0.4, 0.5) is 10.1 Å². The molecule has 0 radical (unpaired) electrons. The van der Waals surface area contributed by atoms with Crippen molar-refractivity contribution in [3.05, 3.63) is 30.1 Å². The van der Waals surface area contributed by atoms with E-state index in [2.05, 4.69) is 11.4 Å². The Morgan fingerprint density at radius 3 is 2.84 bits per heavy atom. The van der Waals surface area contributed by atoms with Crippen LogP contribution in [0, 0.1) is 17.1 Å². The van der Waals surface area contributed by atoms with Crippen LogP contribution in [0.15, 0.2) is 24.3 Å². The van der Waals surface area contributed by atoms with E-state index < -0.39 is 0 Å². The molecule has 0 saturated carbocycles. The zero-order valence-electron chi connectivity index (χ0n) is 10.6. The lowest BCUT2D eigenvalue weighted by Gasteiger charge is -2.30. The van der Waals surface area contributed by atoms with E-state index in [0.29, 0.717) is 5.69 Å². The average molecular weight is 261 g/mol. The Morgan fingerprint density at radius 1 is 1.42 bits per heavy atom. The van der Waals surface area contributed by atoms with Crippen molar-refractivity contribution in [2.45, 2.75) is 25.3 Å². The van der Waals surface area contributed by atoms with Crippen molar-refractivity contribution in [2.24, 2.45) is 0 Å². The summed E-state index contributed by atoms with van der Waals surface area (Å²) in [5.74, 6) is -0.507. The first-order chi connectivity index (χ1) is 9.19. The minimum Gasteiger partial charge on any atom is -0.325 e. The van der Waals surface area contributed by atoms with Crippen molar-refractivity contribution < 1.29 is 9.18 Å². The monoisotopic (exact) mass is 261 g/mol. The van der Waals surface area contributed by atoms with Crippen molar-refractivity contribution in [3.8, 4) is 6.07 Å². The number of amides is 1. The minimum atomic E-state index is -0.335. The molecule has 0 bridgehead atoms. The van der Waals surface area contributed by atoms with Gasteiger partial charge in [0.25, 0.3) is 0 Å². The van der Waals surface area contributed by atoms with E-state index in [1.807, 2.05) is 4.90 Å². The van der Waals surface area contributed by atoms with Gasteiger partial charge >= 0.3 is 0 Å². The van der Waals surface area contributed by atoms with Gasteiger partial charge in [0.15, 0.2) is 0 Å². The number of likely N-dealkylation sites (tertiary alicyclic amines) is 1. The molecule has 4 nitrogen and oxygen atoms in total. The summed E-state index contributed by atoms with van der Waals surface area (Å²) in [7, 11) is 0. The summed E-state index contributed by atoms with van der Waals surface area (Å²) in [5.41, 5.74) is 0.567. The molecule has 0 spiro atoms. The largest absolute Gasteiger partial charge is 0.325 e. The van der Waals surface area contributed by atoms with Gasteiger partial charge in [-0.2, -0.15) is 5.26 Å². The first-order valence-corrected chi connectivity index (χ1v) is 6.38. The van der Waals surface area contributed by atoms with Gasteiger partial charge in [-0.1, -0.05) is 0 Å². The van der Waals surface area contributed by atoms with Gasteiger partial charge in [0.05, 0.1) is 18.7 Å². The number of benzene rings is 1. The standard InChI is InChI=1S/C14H16FN3O/c15-11-4-6-12(7-5-11)17-14(19)10-18-8-2-1-3-13(18)9-16/h4-7,13H,1-3,8,10H2,(H,17,19). The highest BCUT2D eigenvalue weighted by atomic mass is 19.1. The van der Waals surface area contributed by atoms with Gasteiger partial charge in [-0.25, -0.2) is 4.39 Å². The number of hydrogen-bond donors (Lipinski definition) is 1. The van der Waals surface area contributed by atoms with Crippen molar-refractivity contribution in [1.82, 2.24) is 4.90 Å². The molecule has 1 aliphatic heterocycles. The van der Waals surface area contributed by atoms with E-state index in [1.54, 1.807) is 0 Å². The topological polar surface area (TPSA) is 56.1 Å². The summed E-state index contributed by atoms with van der Waals surface area (Å²) in [4.78, 5) is 13.8. The first-order valence-electron chi connectivity index (χ1n) is 6.38. The molecule has 100 valence electrons. The Labute approximate surface area is 111 Å². The summed E-state index contributed by atoms with van der Waals surface area (Å²) in [6.45, 7) is 0.977. The fraction of sp³-hybridized carbons (Fsp3) is 0.429. The van der Waals surface area contributed by atoms with Crippen molar-refractivity contribution >= 4 is 11.6 Å².